The molecule has 1 fully saturated rings. The number of nitrogens with one attached hydrogen (secondary N) is 1. The first-order valence-corrected chi connectivity index (χ1v) is 12.9. The van der Waals surface area contributed by atoms with E-state index in [4.69, 9.17) is 4.42 Å². The van der Waals surface area contributed by atoms with Gasteiger partial charge in [0.05, 0.1) is 0 Å². The molecular weight excluding hydrogens is 442 g/mol. The maximum absolute atomic E-state index is 12.8. The van der Waals surface area contributed by atoms with Gasteiger partial charge < -0.3 is 14.3 Å². The molecule has 0 saturated carbocycles. The minimum Gasteiger partial charge on any atom is -0.438 e. The van der Waals surface area contributed by atoms with Crippen LogP contribution in [0.1, 0.15) is 54.9 Å². The van der Waals surface area contributed by atoms with Gasteiger partial charge in [0.25, 0.3) is 15.9 Å². The zero-order valence-corrected chi connectivity index (χ0v) is 19.2. The van der Waals surface area contributed by atoms with Crippen molar-refractivity contribution in [3.8, 4) is 11.4 Å². The van der Waals surface area contributed by atoms with Crippen LogP contribution in [0.5, 0.6) is 0 Å². The summed E-state index contributed by atoms with van der Waals surface area (Å²) in [7, 11) is -3.73. The van der Waals surface area contributed by atoms with Gasteiger partial charge in [-0.1, -0.05) is 25.0 Å². The molecular formula is C23H27N5O4S. The second kappa shape index (κ2) is 9.11. The summed E-state index contributed by atoms with van der Waals surface area (Å²) in [6.45, 7) is 1.84. The second-order valence-electron chi connectivity index (χ2n) is 8.52. The molecule has 0 bridgehead atoms. The summed E-state index contributed by atoms with van der Waals surface area (Å²) in [6, 6.07) is 10.1. The first-order valence-electron chi connectivity index (χ1n) is 11.5. The summed E-state index contributed by atoms with van der Waals surface area (Å²) < 4.78 is 34.6. The van der Waals surface area contributed by atoms with Gasteiger partial charge in [-0.15, -0.1) is 10.2 Å². The zero-order valence-electron chi connectivity index (χ0n) is 18.4. The van der Waals surface area contributed by atoms with Crippen LogP contribution in [0.4, 0.5) is 5.69 Å². The molecule has 5 rings (SSSR count). The molecule has 1 N–H and O–H groups in total. The molecule has 2 aromatic heterocycles. The number of anilines is 1. The van der Waals surface area contributed by atoms with Crippen molar-refractivity contribution in [3.05, 3.63) is 48.0 Å². The molecule has 1 amide bonds. The Morgan fingerprint density at radius 2 is 1.73 bits per heavy atom. The highest BCUT2D eigenvalue weighted by Gasteiger charge is 2.29. The highest BCUT2D eigenvalue weighted by atomic mass is 32.2. The largest absolute Gasteiger partial charge is 0.438 e. The summed E-state index contributed by atoms with van der Waals surface area (Å²) in [4.78, 5) is 12.8. The molecule has 0 radical (unpaired) electrons. The van der Waals surface area contributed by atoms with Crippen LogP contribution in [0.2, 0.25) is 0 Å². The number of piperidine rings is 1. The Hall–Kier alpha value is -2.98. The van der Waals surface area contributed by atoms with E-state index in [9.17, 15) is 13.2 Å². The minimum absolute atomic E-state index is 0.0488. The molecule has 0 atom stereocenters. The number of hydrogen-bond acceptors (Lipinski definition) is 6. The Morgan fingerprint density at radius 1 is 0.939 bits per heavy atom. The van der Waals surface area contributed by atoms with E-state index in [0.717, 1.165) is 62.3 Å². The molecule has 33 heavy (non-hydrogen) atoms. The van der Waals surface area contributed by atoms with Gasteiger partial charge >= 0.3 is 0 Å². The lowest BCUT2D eigenvalue weighted by Crippen LogP contribution is -2.35. The molecule has 2 aliphatic rings. The van der Waals surface area contributed by atoms with Crippen molar-refractivity contribution in [1.29, 1.82) is 0 Å². The summed E-state index contributed by atoms with van der Waals surface area (Å²) in [5.74, 6) is 1.23. The van der Waals surface area contributed by atoms with Gasteiger partial charge in [-0.05, 0) is 49.9 Å². The summed E-state index contributed by atoms with van der Waals surface area (Å²) >= 11 is 0. The third-order valence-electron chi connectivity index (χ3n) is 6.20. The quantitative estimate of drug-likeness (QED) is 0.610. The number of carbonyl (C=O) groups excluding carboxylic acids is 1. The smallest absolute Gasteiger partial charge is 0.291 e. The standard InChI is InChI=1S/C23H27N5O4S/c29-23(19-11-12-21(32-19)33(30,31)27-13-4-2-5-14-27)24-18-9-7-8-17(16-18)22-26-25-20-10-3-1-6-15-28(20)22/h7-9,11-12,16H,1-6,10,13-15H2,(H,24,29). The molecule has 3 aromatic rings. The Labute approximate surface area is 192 Å². The van der Waals surface area contributed by atoms with Gasteiger partial charge in [-0.25, -0.2) is 8.42 Å². The Kier molecular flexibility index (Phi) is 6.03. The van der Waals surface area contributed by atoms with E-state index >= 15 is 0 Å². The number of sulfonamides is 1. The Bertz CT molecular complexity index is 1260. The van der Waals surface area contributed by atoms with Crippen molar-refractivity contribution in [2.45, 2.75) is 56.6 Å². The van der Waals surface area contributed by atoms with Gasteiger partial charge in [0.1, 0.15) is 5.82 Å². The van der Waals surface area contributed by atoms with Gasteiger partial charge in [0, 0.05) is 37.3 Å². The van der Waals surface area contributed by atoms with Gasteiger partial charge in [-0.3, -0.25) is 4.79 Å². The van der Waals surface area contributed by atoms with E-state index in [1.54, 1.807) is 6.07 Å². The van der Waals surface area contributed by atoms with E-state index in [-0.39, 0.29) is 10.9 Å². The fourth-order valence-electron chi connectivity index (χ4n) is 4.44. The molecule has 0 spiro atoms. The number of fused-ring (bicyclic) bond motifs is 1. The molecule has 2 aliphatic heterocycles. The predicted octanol–water partition coefficient (Wildman–Crippen LogP) is 3.69. The van der Waals surface area contributed by atoms with Crippen molar-refractivity contribution in [3.63, 3.8) is 0 Å². The number of aromatic nitrogens is 3. The first-order chi connectivity index (χ1) is 16.0. The van der Waals surface area contributed by atoms with E-state index in [2.05, 4.69) is 20.1 Å². The van der Waals surface area contributed by atoms with E-state index < -0.39 is 15.9 Å². The lowest BCUT2D eigenvalue weighted by atomic mass is 10.2. The van der Waals surface area contributed by atoms with E-state index in [0.29, 0.717) is 18.8 Å². The van der Waals surface area contributed by atoms with Crippen LogP contribution in [0, 0.1) is 0 Å². The number of carbonyl (C=O) groups is 1. The van der Waals surface area contributed by atoms with Crippen LogP contribution >= 0.6 is 0 Å². The van der Waals surface area contributed by atoms with E-state index in [1.807, 2.05) is 18.2 Å². The molecule has 174 valence electrons. The molecule has 10 heteroatoms. The fourth-order valence-corrected chi connectivity index (χ4v) is 5.87. The number of hydrogen-bond donors (Lipinski definition) is 1. The van der Waals surface area contributed by atoms with Gasteiger partial charge in [-0.2, -0.15) is 4.31 Å². The summed E-state index contributed by atoms with van der Waals surface area (Å²) in [6.07, 6.45) is 7.00. The van der Waals surface area contributed by atoms with Crippen molar-refractivity contribution in [2.24, 2.45) is 0 Å². The molecule has 0 aliphatic carbocycles. The lowest BCUT2D eigenvalue weighted by Gasteiger charge is -2.24. The van der Waals surface area contributed by atoms with E-state index in [1.165, 1.54) is 22.9 Å². The Morgan fingerprint density at radius 3 is 2.58 bits per heavy atom. The van der Waals surface area contributed by atoms with Crippen LogP contribution in [0.25, 0.3) is 11.4 Å². The highest BCUT2D eigenvalue weighted by molar-refractivity contribution is 7.89. The number of furan rings is 1. The average Bonchev–Trinajstić information content (AvgIpc) is 3.43. The maximum atomic E-state index is 12.8. The van der Waals surface area contributed by atoms with Crippen LogP contribution in [0.3, 0.4) is 0 Å². The molecule has 0 unspecified atom stereocenters. The lowest BCUT2D eigenvalue weighted by molar-refractivity contribution is 0.0991. The van der Waals surface area contributed by atoms with Crippen LogP contribution in [0.15, 0.2) is 45.9 Å². The molecule has 1 saturated heterocycles. The summed E-state index contributed by atoms with van der Waals surface area (Å²) in [5.41, 5.74) is 1.43. The number of rotatable bonds is 5. The summed E-state index contributed by atoms with van der Waals surface area (Å²) in [5, 5.41) is 11.3. The highest BCUT2D eigenvalue weighted by Crippen LogP contribution is 2.26. The molecule has 1 aromatic carbocycles. The number of amides is 1. The second-order valence-corrected chi connectivity index (χ2v) is 10.4. The number of aryl methyl sites for hydroxylation is 1. The molecule has 9 nitrogen and oxygen atoms in total. The van der Waals surface area contributed by atoms with Crippen LogP contribution < -0.4 is 5.32 Å². The Balaban J connectivity index is 1.33. The normalized spacial score (nSPS) is 17.3. The van der Waals surface area contributed by atoms with Crippen molar-refractivity contribution < 1.29 is 17.6 Å². The minimum atomic E-state index is -3.73. The number of nitrogens with zero attached hydrogens (tertiary/aromatic N) is 4. The fraction of sp³-hybridized carbons (Fsp3) is 0.435. The van der Waals surface area contributed by atoms with Crippen LogP contribution in [-0.2, 0) is 23.0 Å². The van der Waals surface area contributed by atoms with Crippen molar-refractivity contribution in [1.82, 2.24) is 19.1 Å². The average molecular weight is 470 g/mol. The first kappa shape index (κ1) is 21.8. The monoisotopic (exact) mass is 469 g/mol. The maximum Gasteiger partial charge on any atom is 0.291 e. The van der Waals surface area contributed by atoms with Crippen molar-refractivity contribution in [2.75, 3.05) is 18.4 Å². The zero-order chi connectivity index (χ0) is 22.8. The van der Waals surface area contributed by atoms with Gasteiger partial charge in [0.15, 0.2) is 11.6 Å². The van der Waals surface area contributed by atoms with Crippen LogP contribution in [-0.4, -0.2) is 46.5 Å². The third kappa shape index (κ3) is 4.45. The number of benzene rings is 1. The van der Waals surface area contributed by atoms with Crippen molar-refractivity contribution >= 4 is 21.6 Å². The van der Waals surface area contributed by atoms with Gasteiger partial charge in [0.2, 0.25) is 5.09 Å². The molecule has 4 heterocycles. The predicted molar refractivity (Wildman–Crippen MR) is 122 cm³/mol. The third-order valence-corrected chi connectivity index (χ3v) is 7.98. The topological polar surface area (TPSA) is 110 Å². The SMILES string of the molecule is O=C(Nc1cccc(-c2nnc3n2CCCCC3)c1)c1ccc(S(=O)(=O)N2CCCCC2)o1.